The number of hydrogen-bond donors (Lipinski definition) is 1. The van der Waals surface area contributed by atoms with Crippen LogP contribution in [0.4, 0.5) is 0 Å². The molecule has 0 radical (unpaired) electrons. The monoisotopic (exact) mass is 475 g/mol. The molecule has 3 aromatic rings. The van der Waals surface area contributed by atoms with Gasteiger partial charge in [-0.3, -0.25) is 10.2 Å². The van der Waals surface area contributed by atoms with Crippen LogP contribution >= 0.6 is 23.4 Å². The zero-order chi connectivity index (χ0) is 23.3. The van der Waals surface area contributed by atoms with Gasteiger partial charge in [0, 0.05) is 39.6 Å². The number of halogens is 1. The Bertz CT molecular complexity index is 1420. The normalized spacial score (nSPS) is 17.2. The number of amidine groups is 2. The molecule has 0 fully saturated rings. The first-order valence-electron chi connectivity index (χ1n) is 10.7. The molecule has 2 aliphatic heterocycles. The Morgan fingerprint density at radius 2 is 1.88 bits per heavy atom. The fourth-order valence-electron chi connectivity index (χ4n) is 4.03. The van der Waals surface area contributed by atoms with E-state index in [4.69, 9.17) is 17.0 Å². The minimum atomic E-state index is -0.415. The Balaban J connectivity index is 1.61. The van der Waals surface area contributed by atoms with Gasteiger partial charge in [0.05, 0.1) is 5.57 Å². The number of amides is 1. The van der Waals surface area contributed by atoms with Crippen molar-refractivity contribution in [3.8, 4) is 0 Å². The van der Waals surface area contributed by atoms with Crippen LogP contribution in [-0.4, -0.2) is 31.5 Å². The largest absolute Gasteiger partial charge is 0.340 e. The summed E-state index contributed by atoms with van der Waals surface area (Å²) in [6.07, 6.45) is 1.78. The highest BCUT2D eigenvalue weighted by Crippen LogP contribution is 2.34. The lowest BCUT2D eigenvalue weighted by Crippen LogP contribution is -2.35. The first-order chi connectivity index (χ1) is 15.8. The predicted molar refractivity (Wildman–Crippen MR) is 137 cm³/mol. The molecule has 33 heavy (non-hydrogen) atoms. The molecule has 0 saturated heterocycles. The topological polar surface area (TPSA) is 73.8 Å². The smallest absolute Gasteiger partial charge is 0.283 e. The minimum Gasteiger partial charge on any atom is -0.340 e. The average Bonchev–Trinajstić information content (AvgIpc) is 3.33. The van der Waals surface area contributed by atoms with Gasteiger partial charge < -0.3 is 4.57 Å². The van der Waals surface area contributed by atoms with Gasteiger partial charge >= 0.3 is 0 Å². The number of carbonyl (C=O) groups excluding carboxylic acids is 1. The van der Waals surface area contributed by atoms with Crippen LogP contribution in [0, 0.1) is 18.3 Å². The maximum Gasteiger partial charge on any atom is 0.283 e. The van der Waals surface area contributed by atoms with Gasteiger partial charge in [-0.05, 0) is 42.5 Å². The number of thioether (sulfide) groups is 1. The molecule has 3 heterocycles. The number of aromatic nitrogens is 1. The van der Waals surface area contributed by atoms with Gasteiger partial charge in [0.1, 0.15) is 5.04 Å². The molecule has 5 rings (SSSR count). The van der Waals surface area contributed by atoms with Crippen molar-refractivity contribution in [2.24, 2.45) is 16.0 Å². The molecular formula is C25H22ClN5OS. The number of aliphatic imine (C=N–C) groups is 1. The maximum absolute atomic E-state index is 12.9. The molecule has 0 saturated carbocycles. The highest BCUT2D eigenvalue weighted by molar-refractivity contribution is 8.27. The molecule has 2 aromatic carbocycles. The Hall–Kier alpha value is -3.16. The number of nitrogens with one attached hydrogen (secondary N) is 1. The summed E-state index contributed by atoms with van der Waals surface area (Å²) >= 11 is 7.78. The number of carbonyl (C=O) groups is 1. The van der Waals surface area contributed by atoms with E-state index in [1.54, 1.807) is 6.08 Å². The fourth-order valence-corrected chi connectivity index (χ4v) is 5.11. The summed E-state index contributed by atoms with van der Waals surface area (Å²) in [5.74, 6) is -0.166. The number of hydrogen-bond acceptors (Lipinski definition) is 4. The minimum absolute atomic E-state index is 0.0514. The van der Waals surface area contributed by atoms with Crippen LogP contribution in [0.5, 0.6) is 0 Å². The third kappa shape index (κ3) is 3.71. The molecule has 0 spiro atoms. The first kappa shape index (κ1) is 21.7. The second-order valence-corrected chi connectivity index (χ2v) is 9.70. The Morgan fingerprint density at radius 1 is 1.15 bits per heavy atom. The van der Waals surface area contributed by atoms with Gasteiger partial charge in [0.15, 0.2) is 5.84 Å². The Morgan fingerprint density at radius 3 is 2.64 bits per heavy atom. The number of fused-ring (bicyclic) bond motifs is 2. The highest BCUT2D eigenvalue weighted by atomic mass is 35.5. The van der Waals surface area contributed by atoms with E-state index in [1.807, 2.05) is 63.2 Å². The van der Waals surface area contributed by atoms with Crippen LogP contribution in [0.2, 0.25) is 5.02 Å². The second-order valence-electron chi connectivity index (χ2n) is 8.31. The van der Waals surface area contributed by atoms with Crippen molar-refractivity contribution < 1.29 is 4.79 Å². The predicted octanol–water partition coefficient (Wildman–Crippen LogP) is 5.93. The first-order valence-corrected chi connectivity index (χ1v) is 11.9. The summed E-state index contributed by atoms with van der Waals surface area (Å²) in [5, 5.41) is 17.7. The van der Waals surface area contributed by atoms with E-state index in [9.17, 15) is 4.79 Å². The molecular weight excluding hydrogens is 454 g/mol. The van der Waals surface area contributed by atoms with Crippen molar-refractivity contribution in [1.82, 2.24) is 9.58 Å². The van der Waals surface area contributed by atoms with E-state index in [0.717, 1.165) is 32.8 Å². The lowest BCUT2D eigenvalue weighted by Gasteiger charge is -2.20. The zero-order valence-electron chi connectivity index (χ0n) is 18.5. The summed E-state index contributed by atoms with van der Waals surface area (Å²) < 4.78 is 2.19. The van der Waals surface area contributed by atoms with Crippen molar-refractivity contribution in [1.29, 1.82) is 5.41 Å². The van der Waals surface area contributed by atoms with E-state index >= 15 is 0 Å². The number of para-hydroxylation sites is 1. The molecule has 8 heteroatoms. The SMILES string of the molecule is Cc1c(/C=C2\C(=N)N3N=C(C(C)C)SC3=NC2=O)c2ccccc2n1Cc1ccccc1Cl. The number of rotatable bonds is 4. The Labute approximate surface area is 201 Å². The Kier molecular flexibility index (Phi) is 5.46. The number of nitrogens with zero attached hydrogens (tertiary/aromatic N) is 4. The molecule has 1 aromatic heterocycles. The zero-order valence-corrected chi connectivity index (χ0v) is 20.0. The molecule has 166 valence electrons. The third-order valence-electron chi connectivity index (χ3n) is 5.82. The second kappa shape index (κ2) is 8.32. The van der Waals surface area contributed by atoms with Gasteiger partial charge in [0.2, 0.25) is 5.17 Å². The summed E-state index contributed by atoms with van der Waals surface area (Å²) in [7, 11) is 0. The lowest BCUT2D eigenvalue weighted by molar-refractivity contribution is -0.114. The van der Waals surface area contributed by atoms with Gasteiger partial charge in [-0.15, -0.1) is 0 Å². The van der Waals surface area contributed by atoms with Gasteiger partial charge in [-0.2, -0.15) is 15.1 Å². The summed E-state index contributed by atoms with van der Waals surface area (Å²) in [4.78, 5) is 17.1. The third-order valence-corrected chi connectivity index (χ3v) is 7.40. The lowest BCUT2D eigenvalue weighted by atomic mass is 10.1. The van der Waals surface area contributed by atoms with Crippen molar-refractivity contribution in [2.75, 3.05) is 0 Å². The van der Waals surface area contributed by atoms with Gasteiger partial charge in [-0.1, -0.05) is 61.8 Å². The average molecular weight is 476 g/mol. The molecule has 1 N–H and O–H groups in total. The summed E-state index contributed by atoms with van der Waals surface area (Å²) in [6.45, 7) is 6.69. The van der Waals surface area contributed by atoms with E-state index in [2.05, 4.69) is 20.7 Å². The molecule has 0 aliphatic carbocycles. The van der Waals surface area contributed by atoms with Crippen molar-refractivity contribution in [2.45, 2.75) is 27.3 Å². The highest BCUT2D eigenvalue weighted by Gasteiger charge is 2.36. The molecule has 6 nitrogen and oxygen atoms in total. The van der Waals surface area contributed by atoms with Gasteiger partial charge in [-0.25, -0.2) is 0 Å². The van der Waals surface area contributed by atoms with Crippen LogP contribution in [0.25, 0.3) is 17.0 Å². The van der Waals surface area contributed by atoms with Crippen LogP contribution < -0.4 is 0 Å². The number of benzene rings is 2. The van der Waals surface area contributed by atoms with Crippen LogP contribution in [0.3, 0.4) is 0 Å². The van der Waals surface area contributed by atoms with Crippen LogP contribution in [0.15, 0.2) is 64.2 Å². The van der Waals surface area contributed by atoms with E-state index in [0.29, 0.717) is 16.7 Å². The van der Waals surface area contributed by atoms with E-state index < -0.39 is 5.91 Å². The number of hydrazone groups is 1. The fraction of sp³-hybridized carbons (Fsp3) is 0.200. The molecule has 0 bridgehead atoms. The molecule has 0 unspecified atom stereocenters. The van der Waals surface area contributed by atoms with Crippen molar-refractivity contribution >= 4 is 62.3 Å². The van der Waals surface area contributed by atoms with E-state index in [-0.39, 0.29) is 17.3 Å². The van der Waals surface area contributed by atoms with Crippen LogP contribution in [-0.2, 0) is 11.3 Å². The standard InChI is InChI=1S/C25H22ClN5OS/c1-14(2)24-29-31-22(27)19(23(32)28-25(31)33-24)12-18-15(3)30(21-11-7-5-9-17(18)21)13-16-8-4-6-10-20(16)26/h4-12,14,27H,13H2,1-3H3/b19-12+,27-22?. The summed E-state index contributed by atoms with van der Waals surface area (Å²) in [5.41, 5.74) is 4.17. The summed E-state index contributed by atoms with van der Waals surface area (Å²) in [6, 6.07) is 15.9. The van der Waals surface area contributed by atoms with Gasteiger partial charge in [0.25, 0.3) is 5.91 Å². The quantitative estimate of drug-likeness (QED) is 0.475. The van der Waals surface area contributed by atoms with Crippen LogP contribution in [0.1, 0.15) is 30.7 Å². The molecule has 0 atom stereocenters. The van der Waals surface area contributed by atoms with E-state index in [1.165, 1.54) is 16.8 Å². The molecule has 2 aliphatic rings. The maximum atomic E-state index is 12.9. The van der Waals surface area contributed by atoms with Crippen molar-refractivity contribution in [3.05, 3.63) is 75.9 Å². The van der Waals surface area contributed by atoms with Crippen molar-refractivity contribution in [3.63, 3.8) is 0 Å². The molecule has 1 amide bonds.